The Labute approximate surface area is 155 Å². The molecule has 2 aromatic rings. The molecule has 1 aliphatic rings. The summed E-state index contributed by atoms with van der Waals surface area (Å²) >= 11 is 1.27. The summed E-state index contributed by atoms with van der Waals surface area (Å²) < 4.78 is 18.2. The number of likely N-dealkylation sites (tertiary alicyclic amines) is 1. The van der Waals surface area contributed by atoms with Crippen LogP contribution in [-0.4, -0.2) is 40.5 Å². The minimum absolute atomic E-state index is 0.155. The second-order valence-corrected chi connectivity index (χ2v) is 7.41. The van der Waals surface area contributed by atoms with E-state index in [9.17, 15) is 14.0 Å². The van der Waals surface area contributed by atoms with Gasteiger partial charge in [-0.2, -0.15) is 0 Å². The van der Waals surface area contributed by atoms with Gasteiger partial charge in [0, 0.05) is 23.0 Å². The highest BCUT2D eigenvalue weighted by Crippen LogP contribution is 2.25. The normalized spacial score (nSPS) is 20.0. The van der Waals surface area contributed by atoms with Crippen molar-refractivity contribution in [3.8, 4) is 10.6 Å². The summed E-state index contributed by atoms with van der Waals surface area (Å²) in [5.74, 6) is -1.13. The number of amides is 1. The summed E-state index contributed by atoms with van der Waals surface area (Å²) in [4.78, 5) is 30.6. The molecule has 26 heavy (non-hydrogen) atoms. The lowest BCUT2D eigenvalue weighted by Gasteiger charge is -2.38. The Bertz CT molecular complexity index is 780. The van der Waals surface area contributed by atoms with Crippen LogP contribution in [0.3, 0.4) is 0 Å². The zero-order valence-corrected chi connectivity index (χ0v) is 15.6. The molecule has 5 nitrogen and oxygen atoms in total. The third-order valence-corrected chi connectivity index (χ3v) is 5.50. The molecule has 1 amide bonds. The predicted octanol–water partition coefficient (Wildman–Crippen LogP) is 3.90. The molecular formula is C19H21FN2O3S. The van der Waals surface area contributed by atoms with Crippen molar-refractivity contribution < 1.29 is 18.7 Å². The number of carbonyl (C=O) groups is 2. The van der Waals surface area contributed by atoms with Gasteiger partial charge in [0.05, 0.1) is 0 Å². The van der Waals surface area contributed by atoms with E-state index in [2.05, 4.69) is 4.98 Å². The van der Waals surface area contributed by atoms with Crippen molar-refractivity contribution in [3.63, 3.8) is 0 Å². The van der Waals surface area contributed by atoms with E-state index in [1.807, 2.05) is 18.7 Å². The molecule has 0 radical (unpaired) electrons. The molecule has 3 rings (SSSR count). The first-order valence-corrected chi connectivity index (χ1v) is 9.53. The monoisotopic (exact) mass is 376 g/mol. The number of rotatable bonds is 4. The van der Waals surface area contributed by atoms with Crippen molar-refractivity contribution >= 4 is 23.2 Å². The van der Waals surface area contributed by atoms with Gasteiger partial charge >= 0.3 is 5.97 Å². The quantitative estimate of drug-likeness (QED) is 0.760. The SMILES string of the molecule is C[C@@H]1CCC[C@H](C)N1C(=O)COC(=O)c1csc(-c2ccc(F)cc2)n1. The highest BCUT2D eigenvalue weighted by Gasteiger charge is 2.29. The molecule has 0 aliphatic carbocycles. The Hall–Kier alpha value is -2.28. The Morgan fingerprint density at radius 1 is 1.23 bits per heavy atom. The first-order chi connectivity index (χ1) is 12.5. The molecule has 0 bridgehead atoms. The first kappa shape index (κ1) is 18.5. The minimum atomic E-state index is -0.625. The van der Waals surface area contributed by atoms with Crippen molar-refractivity contribution in [2.24, 2.45) is 0 Å². The van der Waals surface area contributed by atoms with Crippen molar-refractivity contribution in [3.05, 3.63) is 41.2 Å². The van der Waals surface area contributed by atoms with E-state index in [4.69, 9.17) is 4.74 Å². The third kappa shape index (κ3) is 4.09. The van der Waals surface area contributed by atoms with E-state index in [-0.39, 0.29) is 36.1 Å². The zero-order valence-electron chi connectivity index (χ0n) is 14.8. The topological polar surface area (TPSA) is 59.5 Å². The molecule has 0 N–H and O–H groups in total. The van der Waals surface area contributed by atoms with Crippen molar-refractivity contribution in [1.29, 1.82) is 0 Å². The second-order valence-electron chi connectivity index (χ2n) is 6.55. The van der Waals surface area contributed by atoms with Gasteiger partial charge in [0.2, 0.25) is 0 Å². The molecule has 1 aromatic heterocycles. The molecule has 1 saturated heterocycles. The van der Waals surface area contributed by atoms with Crippen molar-refractivity contribution in [2.75, 3.05) is 6.61 Å². The third-order valence-electron chi connectivity index (χ3n) is 4.61. The summed E-state index contributed by atoms with van der Waals surface area (Å²) in [5, 5.41) is 2.18. The van der Waals surface area contributed by atoms with Crippen molar-refractivity contribution in [2.45, 2.75) is 45.2 Å². The Balaban J connectivity index is 1.60. The van der Waals surface area contributed by atoms with E-state index in [0.29, 0.717) is 5.01 Å². The molecule has 0 spiro atoms. The van der Waals surface area contributed by atoms with E-state index in [0.717, 1.165) is 24.8 Å². The fourth-order valence-corrected chi connectivity index (χ4v) is 4.08. The van der Waals surface area contributed by atoms with Gasteiger partial charge in [0.1, 0.15) is 10.8 Å². The number of aromatic nitrogens is 1. The van der Waals surface area contributed by atoms with Crippen LogP contribution in [0, 0.1) is 5.82 Å². The number of esters is 1. The molecule has 2 heterocycles. The van der Waals surface area contributed by atoms with Gasteiger partial charge in [-0.3, -0.25) is 4.79 Å². The van der Waals surface area contributed by atoms with E-state index >= 15 is 0 Å². The molecule has 7 heteroatoms. The summed E-state index contributed by atoms with van der Waals surface area (Å²) in [6.45, 7) is 3.76. The molecule has 2 atom stereocenters. The van der Waals surface area contributed by atoms with Gasteiger partial charge in [-0.15, -0.1) is 11.3 Å². The van der Waals surface area contributed by atoms with Crippen molar-refractivity contribution in [1.82, 2.24) is 9.88 Å². The fraction of sp³-hybridized carbons (Fsp3) is 0.421. The van der Waals surface area contributed by atoms with Crippen LogP contribution >= 0.6 is 11.3 Å². The lowest BCUT2D eigenvalue weighted by atomic mass is 9.97. The number of halogens is 1. The number of piperidine rings is 1. The van der Waals surface area contributed by atoms with Gasteiger partial charge in [0.25, 0.3) is 5.91 Å². The van der Waals surface area contributed by atoms with Gasteiger partial charge in [-0.1, -0.05) is 0 Å². The lowest BCUT2D eigenvalue weighted by Crippen LogP contribution is -2.49. The molecule has 0 unspecified atom stereocenters. The van der Waals surface area contributed by atoms with Crippen LogP contribution in [-0.2, 0) is 9.53 Å². The fourth-order valence-electron chi connectivity index (χ4n) is 3.28. The van der Waals surface area contributed by atoms with Gasteiger partial charge in [-0.25, -0.2) is 14.2 Å². The average Bonchev–Trinajstić information content (AvgIpc) is 3.10. The number of carbonyl (C=O) groups excluding carboxylic acids is 2. The number of thiazole rings is 1. The van der Waals surface area contributed by atoms with Crippen LogP contribution in [0.5, 0.6) is 0 Å². The maximum Gasteiger partial charge on any atom is 0.358 e. The molecule has 1 fully saturated rings. The van der Waals surface area contributed by atoms with Crippen LogP contribution in [0.15, 0.2) is 29.6 Å². The molecule has 1 aliphatic heterocycles. The molecular weight excluding hydrogens is 355 g/mol. The van der Waals surface area contributed by atoms with Crippen LogP contribution in [0.2, 0.25) is 0 Å². The van der Waals surface area contributed by atoms with Gasteiger partial charge in [0.15, 0.2) is 12.3 Å². The Morgan fingerprint density at radius 3 is 2.54 bits per heavy atom. The van der Waals surface area contributed by atoms with Gasteiger partial charge < -0.3 is 9.64 Å². The van der Waals surface area contributed by atoms with E-state index in [1.165, 1.54) is 23.5 Å². The number of hydrogen-bond acceptors (Lipinski definition) is 5. The van der Waals surface area contributed by atoms with E-state index < -0.39 is 5.97 Å². The number of benzene rings is 1. The predicted molar refractivity (Wildman–Crippen MR) is 97.4 cm³/mol. The summed E-state index contributed by atoms with van der Waals surface area (Å²) in [6.07, 6.45) is 3.05. The largest absolute Gasteiger partial charge is 0.451 e. The number of nitrogens with zero attached hydrogens (tertiary/aromatic N) is 2. The summed E-state index contributed by atoms with van der Waals surface area (Å²) in [5.41, 5.74) is 0.879. The first-order valence-electron chi connectivity index (χ1n) is 8.65. The lowest BCUT2D eigenvalue weighted by molar-refractivity contribution is -0.140. The summed E-state index contributed by atoms with van der Waals surface area (Å²) in [6, 6.07) is 6.21. The van der Waals surface area contributed by atoms with Crippen LogP contribution in [0.25, 0.3) is 10.6 Å². The Kier molecular flexibility index (Phi) is 5.66. The minimum Gasteiger partial charge on any atom is -0.451 e. The van der Waals surface area contributed by atoms with Crippen LogP contribution in [0.4, 0.5) is 4.39 Å². The number of hydrogen-bond donors (Lipinski definition) is 0. The molecule has 138 valence electrons. The smallest absolute Gasteiger partial charge is 0.358 e. The Morgan fingerprint density at radius 2 is 1.88 bits per heavy atom. The second kappa shape index (κ2) is 7.95. The highest BCUT2D eigenvalue weighted by atomic mass is 32.1. The number of ether oxygens (including phenoxy) is 1. The molecule has 0 saturated carbocycles. The highest BCUT2D eigenvalue weighted by molar-refractivity contribution is 7.13. The standard InChI is InChI=1S/C19H21FN2O3S/c1-12-4-3-5-13(2)22(12)17(23)10-25-19(24)16-11-26-18(21-16)14-6-8-15(20)9-7-14/h6-9,11-13H,3-5,10H2,1-2H3/t12-,13+. The summed E-state index contributed by atoms with van der Waals surface area (Å²) in [7, 11) is 0. The van der Waals surface area contributed by atoms with Crippen LogP contribution < -0.4 is 0 Å². The molecule has 1 aromatic carbocycles. The van der Waals surface area contributed by atoms with Crippen LogP contribution in [0.1, 0.15) is 43.6 Å². The van der Waals surface area contributed by atoms with E-state index in [1.54, 1.807) is 17.5 Å². The maximum absolute atomic E-state index is 13.0. The zero-order chi connectivity index (χ0) is 18.7. The van der Waals surface area contributed by atoms with Gasteiger partial charge in [-0.05, 0) is 57.4 Å². The average molecular weight is 376 g/mol. The maximum atomic E-state index is 13.0.